The van der Waals surface area contributed by atoms with Crippen molar-refractivity contribution in [2.75, 3.05) is 32.5 Å². The first-order chi connectivity index (χ1) is 18.7. The summed E-state index contributed by atoms with van der Waals surface area (Å²) in [7, 11) is -0.341. The van der Waals surface area contributed by atoms with Crippen LogP contribution in [0.15, 0.2) is 40.7 Å². The largest absolute Gasteiger partial charge is 0.416 e. The van der Waals surface area contributed by atoms with Crippen LogP contribution in [0.4, 0.5) is 27.1 Å². The third-order valence-corrected chi connectivity index (χ3v) is 8.69. The number of halogens is 5. The fourth-order valence-corrected chi connectivity index (χ4v) is 6.07. The summed E-state index contributed by atoms with van der Waals surface area (Å²) in [6.07, 6.45) is -6.64. The molecule has 4 aromatic rings. The Labute approximate surface area is 228 Å². The molecule has 0 unspecified atom stereocenters. The molecule has 40 heavy (non-hydrogen) atoms. The van der Waals surface area contributed by atoms with Crippen LogP contribution in [0.3, 0.4) is 0 Å². The van der Waals surface area contributed by atoms with Gasteiger partial charge in [-0.15, -0.1) is 0 Å². The van der Waals surface area contributed by atoms with Crippen molar-refractivity contribution in [3.8, 4) is 11.3 Å². The van der Waals surface area contributed by atoms with E-state index in [0.717, 1.165) is 41.0 Å². The van der Waals surface area contributed by atoms with Crippen molar-refractivity contribution in [2.24, 2.45) is 0 Å². The minimum atomic E-state index is -4.59. The molecule has 17 heteroatoms. The van der Waals surface area contributed by atoms with Crippen molar-refractivity contribution in [1.29, 1.82) is 0 Å². The van der Waals surface area contributed by atoms with Gasteiger partial charge in [0, 0.05) is 18.7 Å². The van der Waals surface area contributed by atoms with Gasteiger partial charge in [-0.2, -0.15) is 18.3 Å². The smallest absolute Gasteiger partial charge is 0.308 e. The molecule has 0 aliphatic rings. The maximum absolute atomic E-state index is 13.9. The molecule has 0 aliphatic heterocycles. The Bertz CT molecular complexity index is 1650. The summed E-state index contributed by atoms with van der Waals surface area (Å²) < 4.78 is 94.9. The van der Waals surface area contributed by atoms with Crippen molar-refractivity contribution in [2.45, 2.75) is 23.7 Å². The first kappa shape index (κ1) is 29.4. The van der Waals surface area contributed by atoms with Gasteiger partial charge in [-0.05, 0) is 39.2 Å². The SMILES string of the molecule is Cc1nc(NC(=O)c2cnn3c(C(F)F)cc(-c4ccc(C(F)(F)F)cc4)nc23)sc1S(=O)(=O)NCCN(C)C. The molecule has 0 saturated carbocycles. The number of amides is 1. The zero-order chi connectivity index (χ0) is 29.4. The fourth-order valence-electron chi connectivity index (χ4n) is 3.60. The van der Waals surface area contributed by atoms with Crippen LogP contribution in [-0.4, -0.2) is 66.0 Å². The van der Waals surface area contributed by atoms with E-state index in [0.29, 0.717) is 17.9 Å². The van der Waals surface area contributed by atoms with Gasteiger partial charge in [-0.3, -0.25) is 10.1 Å². The number of nitrogens with zero attached hydrogens (tertiary/aromatic N) is 5. The number of anilines is 1. The summed E-state index contributed by atoms with van der Waals surface area (Å²) in [5, 5.41) is 6.20. The molecule has 214 valence electrons. The molecule has 0 spiro atoms. The number of hydrogen-bond acceptors (Lipinski definition) is 8. The molecule has 0 bridgehead atoms. The van der Waals surface area contributed by atoms with E-state index < -0.39 is 39.8 Å². The third-order valence-electron chi connectivity index (χ3n) is 5.55. The van der Waals surface area contributed by atoms with Gasteiger partial charge in [0.25, 0.3) is 22.4 Å². The molecule has 0 saturated heterocycles. The Kier molecular flexibility index (Phi) is 8.21. The van der Waals surface area contributed by atoms with Crippen molar-refractivity contribution < 1.29 is 35.2 Å². The summed E-state index contributed by atoms with van der Waals surface area (Å²) in [5.74, 6) is -0.856. The summed E-state index contributed by atoms with van der Waals surface area (Å²) in [6, 6.07) is 4.72. The number of rotatable bonds is 9. The number of carbonyl (C=O) groups excluding carboxylic acids is 1. The normalized spacial score (nSPS) is 12.6. The molecule has 0 fully saturated rings. The van der Waals surface area contributed by atoms with E-state index in [2.05, 4.69) is 25.1 Å². The van der Waals surface area contributed by atoms with E-state index in [9.17, 15) is 35.2 Å². The molecular formula is C23H22F5N7O3S2. The number of benzene rings is 1. The van der Waals surface area contributed by atoms with Crippen molar-refractivity contribution in [3.63, 3.8) is 0 Å². The van der Waals surface area contributed by atoms with Crippen LogP contribution in [0, 0.1) is 6.92 Å². The number of carbonyl (C=O) groups is 1. The standard InChI is InChI=1S/C23H22F5N7O3S2/c1-12-21(40(37,38)30-8-9-34(2)3)39-22(31-12)33-20(36)15-11-29-35-17(18(24)25)10-16(32-19(15)35)13-4-6-14(7-5-13)23(26,27)28/h4-7,10-11,18,30H,8-9H2,1-3H3,(H,31,33,36). The lowest BCUT2D eigenvalue weighted by atomic mass is 10.1. The molecule has 3 aromatic heterocycles. The summed E-state index contributed by atoms with van der Waals surface area (Å²) in [6.45, 7) is 2.06. The third kappa shape index (κ3) is 6.27. The average molecular weight is 604 g/mol. The van der Waals surface area contributed by atoms with E-state index in [1.807, 2.05) is 0 Å². The van der Waals surface area contributed by atoms with Gasteiger partial charge in [0.05, 0.1) is 23.1 Å². The molecule has 3 heterocycles. The van der Waals surface area contributed by atoms with Gasteiger partial charge < -0.3 is 4.90 Å². The van der Waals surface area contributed by atoms with Crippen LogP contribution in [0.25, 0.3) is 16.9 Å². The van der Waals surface area contributed by atoms with Gasteiger partial charge in [0.2, 0.25) is 0 Å². The summed E-state index contributed by atoms with van der Waals surface area (Å²) in [4.78, 5) is 23.2. The Hall–Kier alpha value is -3.54. The van der Waals surface area contributed by atoms with Crippen molar-refractivity contribution in [3.05, 3.63) is 59.0 Å². The maximum Gasteiger partial charge on any atom is 0.416 e. The predicted molar refractivity (Wildman–Crippen MR) is 137 cm³/mol. The van der Waals surface area contributed by atoms with Crippen LogP contribution in [-0.2, 0) is 16.2 Å². The zero-order valence-electron chi connectivity index (χ0n) is 21.1. The number of fused-ring (bicyclic) bond motifs is 1. The lowest BCUT2D eigenvalue weighted by Crippen LogP contribution is -2.31. The van der Waals surface area contributed by atoms with Crippen molar-refractivity contribution in [1.82, 2.24) is 29.2 Å². The number of thiazole rings is 1. The second-order valence-corrected chi connectivity index (χ2v) is 11.7. The first-order valence-corrected chi connectivity index (χ1v) is 13.7. The van der Waals surface area contributed by atoms with E-state index >= 15 is 0 Å². The van der Waals surface area contributed by atoms with Crippen LogP contribution < -0.4 is 10.0 Å². The molecule has 0 aliphatic carbocycles. The second-order valence-electron chi connectivity index (χ2n) is 8.78. The Balaban J connectivity index is 1.65. The lowest BCUT2D eigenvalue weighted by Gasteiger charge is -2.10. The second kappa shape index (κ2) is 11.1. The first-order valence-electron chi connectivity index (χ1n) is 11.4. The van der Waals surface area contributed by atoms with Crippen LogP contribution in [0.2, 0.25) is 0 Å². The number of aromatic nitrogens is 4. The number of alkyl halides is 5. The highest BCUT2D eigenvalue weighted by atomic mass is 32.2. The summed E-state index contributed by atoms with van der Waals surface area (Å²) >= 11 is 0.701. The number of nitrogens with one attached hydrogen (secondary N) is 2. The van der Waals surface area contributed by atoms with E-state index in [4.69, 9.17) is 0 Å². The monoisotopic (exact) mass is 603 g/mol. The highest BCUT2D eigenvalue weighted by Gasteiger charge is 2.30. The highest BCUT2D eigenvalue weighted by molar-refractivity contribution is 7.91. The molecular weight excluding hydrogens is 581 g/mol. The van der Waals surface area contributed by atoms with E-state index in [-0.39, 0.29) is 44.0 Å². The predicted octanol–water partition coefficient (Wildman–Crippen LogP) is 4.21. The van der Waals surface area contributed by atoms with Crippen LogP contribution in [0.5, 0.6) is 0 Å². The van der Waals surface area contributed by atoms with Crippen LogP contribution >= 0.6 is 11.3 Å². The number of hydrogen-bond donors (Lipinski definition) is 2. The quantitative estimate of drug-likeness (QED) is 0.275. The summed E-state index contributed by atoms with van der Waals surface area (Å²) in [5.41, 5.74) is -1.94. The molecule has 0 radical (unpaired) electrons. The minimum absolute atomic E-state index is 0.0668. The van der Waals surface area contributed by atoms with Gasteiger partial charge in [0.1, 0.15) is 11.3 Å². The lowest BCUT2D eigenvalue weighted by molar-refractivity contribution is -0.137. The fraction of sp³-hybridized carbons (Fsp3) is 0.304. The van der Waals surface area contributed by atoms with Gasteiger partial charge in [-0.25, -0.2) is 36.4 Å². The molecule has 1 amide bonds. The zero-order valence-corrected chi connectivity index (χ0v) is 22.8. The number of likely N-dealkylation sites (N-methyl/N-ethyl adjacent to an activating group) is 1. The van der Waals surface area contributed by atoms with E-state index in [1.165, 1.54) is 6.92 Å². The molecule has 1 aromatic carbocycles. The van der Waals surface area contributed by atoms with Gasteiger partial charge in [-0.1, -0.05) is 23.5 Å². The molecule has 10 nitrogen and oxygen atoms in total. The van der Waals surface area contributed by atoms with Gasteiger partial charge >= 0.3 is 6.18 Å². The van der Waals surface area contributed by atoms with Gasteiger partial charge in [0.15, 0.2) is 15.0 Å². The van der Waals surface area contributed by atoms with Crippen molar-refractivity contribution >= 4 is 38.0 Å². The molecule has 0 atom stereocenters. The number of aryl methyl sites for hydroxylation is 1. The average Bonchev–Trinajstić information content (AvgIpc) is 3.46. The molecule has 2 N–H and O–H groups in total. The number of sulfonamides is 1. The maximum atomic E-state index is 13.9. The molecule has 4 rings (SSSR count). The Morgan fingerprint density at radius 3 is 2.42 bits per heavy atom. The topological polar surface area (TPSA) is 122 Å². The highest BCUT2D eigenvalue weighted by Crippen LogP contribution is 2.32. The Morgan fingerprint density at radius 2 is 1.82 bits per heavy atom. The van der Waals surface area contributed by atoms with Crippen LogP contribution in [0.1, 0.15) is 33.7 Å². The van der Waals surface area contributed by atoms with E-state index in [1.54, 1.807) is 19.0 Å². The Morgan fingerprint density at radius 1 is 1.15 bits per heavy atom. The minimum Gasteiger partial charge on any atom is -0.308 e.